The van der Waals surface area contributed by atoms with Gasteiger partial charge in [0, 0.05) is 23.4 Å². The topological polar surface area (TPSA) is 101 Å². The van der Waals surface area contributed by atoms with Gasteiger partial charge in [-0.3, -0.25) is 19.7 Å². The van der Waals surface area contributed by atoms with Crippen molar-refractivity contribution < 1.29 is 14.5 Å². The molecule has 2 amide bonds. The van der Waals surface area contributed by atoms with E-state index in [0.717, 1.165) is 11.1 Å². The molecule has 0 unspecified atom stereocenters. The highest BCUT2D eigenvalue weighted by atomic mass is 16.6. The van der Waals surface area contributed by atoms with Crippen molar-refractivity contribution in [2.24, 2.45) is 0 Å². The third kappa shape index (κ3) is 5.86. The Kier molecular flexibility index (Phi) is 6.57. The molecule has 0 aromatic heterocycles. The molecule has 7 nitrogen and oxygen atoms in total. The average molecular weight is 415 g/mol. The highest BCUT2D eigenvalue weighted by molar-refractivity contribution is 6.10. The molecule has 0 atom stereocenters. The van der Waals surface area contributed by atoms with Crippen LogP contribution in [0.2, 0.25) is 0 Å². The summed E-state index contributed by atoms with van der Waals surface area (Å²) in [7, 11) is 0. The Balaban J connectivity index is 1.88. The number of hydrogen-bond donors (Lipinski definition) is 2. The van der Waals surface area contributed by atoms with Crippen molar-refractivity contribution in [3.63, 3.8) is 0 Å². The fraction of sp³-hybridized carbons (Fsp3) is 0.0833. The van der Waals surface area contributed by atoms with Crippen molar-refractivity contribution in [2.75, 3.05) is 5.32 Å². The van der Waals surface area contributed by atoms with Gasteiger partial charge in [-0.15, -0.1) is 0 Å². The molecule has 3 aromatic rings. The molecule has 0 aliphatic carbocycles. The minimum Gasteiger partial charge on any atom is -0.321 e. The fourth-order valence-electron chi connectivity index (χ4n) is 2.75. The van der Waals surface area contributed by atoms with Crippen molar-refractivity contribution in [3.05, 3.63) is 111 Å². The maximum Gasteiger partial charge on any atom is 0.272 e. The van der Waals surface area contributed by atoms with E-state index in [1.807, 2.05) is 26.0 Å². The van der Waals surface area contributed by atoms with Gasteiger partial charge in [-0.05, 0) is 61.9 Å². The van der Waals surface area contributed by atoms with E-state index in [9.17, 15) is 19.7 Å². The summed E-state index contributed by atoms with van der Waals surface area (Å²) in [5.41, 5.74) is 3.52. The molecule has 0 fully saturated rings. The van der Waals surface area contributed by atoms with Crippen LogP contribution >= 0.6 is 0 Å². The van der Waals surface area contributed by atoms with Crippen LogP contribution < -0.4 is 10.6 Å². The van der Waals surface area contributed by atoms with E-state index >= 15 is 0 Å². The van der Waals surface area contributed by atoms with E-state index in [0.29, 0.717) is 16.8 Å². The Morgan fingerprint density at radius 1 is 0.839 bits per heavy atom. The molecule has 0 saturated carbocycles. The number of amides is 2. The largest absolute Gasteiger partial charge is 0.321 e. The summed E-state index contributed by atoms with van der Waals surface area (Å²) in [6.45, 7) is 3.85. The van der Waals surface area contributed by atoms with Crippen LogP contribution in [-0.4, -0.2) is 16.7 Å². The van der Waals surface area contributed by atoms with Crippen molar-refractivity contribution in [1.82, 2.24) is 5.32 Å². The van der Waals surface area contributed by atoms with E-state index in [-0.39, 0.29) is 11.4 Å². The molecule has 0 spiro atoms. The predicted octanol–water partition coefficient (Wildman–Crippen LogP) is 4.62. The lowest BCUT2D eigenvalue weighted by Gasteiger charge is -2.12. The van der Waals surface area contributed by atoms with E-state index in [1.54, 1.807) is 36.4 Å². The third-order valence-corrected chi connectivity index (χ3v) is 4.53. The number of anilines is 1. The maximum atomic E-state index is 12.9. The molecular formula is C24H21N3O4. The van der Waals surface area contributed by atoms with Gasteiger partial charge in [0.2, 0.25) is 0 Å². The third-order valence-electron chi connectivity index (χ3n) is 4.53. The van der Waals surface area contributed by atoms with E-state index in [2.05, 4.69) is 10.6 Å². The monoisotopic (exact) mass is 415 g/mol. The smallest absolute Gasteiger partial charge is 0.272 e. The predicted molar refractivity (Wildman–Crippen MR) is 120 cm³/mol. The number of rotatable bonds is 6. The number of nitrogens with one attached hydrogen (secondary N) is 2. The molecule has 156 valence electrons. The maximum absolute atomic E-state index is 12.9. The molecule has 3 rings (SSSR count). The lowest BCUT2D eigenvalue weighted by molar-refractivity contribution is -0.384. The zero-order valence-electron chi connectivity index (χ0n) is 17.1. The Morgan fingerprint density at radius 2 is 1.39 bits per heavy atom. The number of nitrogens with zero attached hydrogens (tertiary/aromatic N) is 1. The molecular weight excluding hydrogens is 394 g/mol. The van der Waals surface area contributed by atoms with Gasteiger partial charge in [0.1, 0.15) is 5.70 Å². The van der Waals surface area contributed by atoms with Crippen LogP contribution in [0, 0.1) is 24.0 Å². The lowest BCUT2D eigenvalue weighted by atomic mass is 10.1. The second-order valence-electron chi connectivity index (χ2n) is 7.05. The molecule has 3 aromatic carbocycles. The van der Waals surface area contributed by atoms with E-state index in [1.165, 1.54) is 30.3 Å². The van der Waals surface area contributed by atoms with Crippen molar-refractivity contribution in [1.29, 1.82) is 0 Å². The summed E-state index contributed by atoms with van der Waals surface area (Å²) in [5, 5.41) is 16.3. The number of nitro groups is 1. The van der Waals surface area contributed by atoms with Gasteiger partial charge in [-0.2, -0.15) is 0 Å². The Hall–Kier alpha value is -4.26. The minimum absolute atomic E-state index is 0.0139. The van der Waals surface area contributed by atoms with Gasteiger partial charge < -0.3 is 10.6 Å². The number of aryl methyl sites for hydroxylation is 2. The van der Waals surface area contributed by atoms with Crippen LogP contribution in [0.25, 0.3) is 6.08 Å². The molecule has 0 saturated heterocycles. The average Bonchev–Trinajstić information content (AvgIpc) is 2.75. The van der Waals surface area contributed by atoms with Crippen molar-refractivity contribution >= 4 is 29.3 Å². The summed E-state index contributed by atoms with van der Waals surface area (Å²) in [6.07, 6.45) is 1.47. The molecule has 0 aliphatic rings. The van der Waals surface area contributed by atoms with Crippen LogP contribution in [0.5, 0.6) is 0 Å². The fourth-order valence-corrected chi connectivity index (χ4v) is 2.75. The van der Waals surface area contributed by atoms with Crippen molar-refractivity contribution in [2.45, 2.75) is 13.8 Å². The number of carbonyl (C=O) groups excluding carboxylic acids is 2. The molecule has 0 bridgehead atoms. The Labute approximate surface area is 179 Å². The SMILES string of the molecule is Cc1ccc(NC(=O)C(=Cc2ccc([N+](=O)[O-])cc2)NC(=O)c2ccc(C)cc2)cc1. The first-order valence-corrected chi connectivity index (χ1v) is 9.54. The number of non-ortho nitro benzene ring substituents is 1. The van der Waals surface area contributed by atoms with E-state index in [4.69, 9.17) is 0 Å². The van der Waals surface area contributed by atoms with Crippen LogP contribution in [0.3, 0.4) is 0 Å². The normalized spacial score (nSPS) is 11.0. The molecule has 7 heteroatoms. The summed E-state index contributed by atoms with van der Waals surface area (Å²) < 4.78 is 0. The van der Waals surface area contributed by atoms with Crippen LogP contribution in [0.15, 0.2) is 78.5 Å². The molecule has 0 radical (unpaired) electrons. The zero-order chi connectivity index (χ0) is 22.4. The molecule has 2 N–H and O–H groups in total. The Bertz CT molecular complexity index is 1130. The van der Waals surface area contributed by atoms with Gasteiger partial charge in [0.25, 0.3) is 17.5 Å². The lowest BCUT2D eigenvalue weighted by Crippen LogP contribution is -2.30. The van der Waals surface area contributed by atoms with Gasteiger partial charge in [0.05, 0.1) is 4.92 Å². The van der Waals surface area contributed by atoms with Gasteiger partial charge in [-0.1, -0.05) is 35.4 Å². The second kappa shape index (κ2) is 9.49. The summed E-state index contributed by atoms with van der Waals surface area (Å²) in [6, 6.07) is 19.9. The number of benzene rings is 3. The Morgan fingerprint density at radius 3 is 1.94 bits per heavy atom. The minimum atomic E-state index is -0.511. The summed E-state index contributed by atoms with van der Waals surface area (Å²) >= 11 is 0. The molecule has 31 heavy (non-hydrogen) atoms. The number of carbonyl (C=O) groups is 2. The number of hydrogen-bond acceptors (Lipinski definition) is 4. The zero-order valence-corrected chi connectivity index (χ0v) is 17.1. The standard InChI is InChI=1S/C24H21N3O4/c1-16-3-9-19(10-4-16)23(28)26-22(15-18-7-13-21(14-8-18)27(30)31)24(29)25-20-11-5-17(2)6-12-20/h3-15H,1-2H3,(H,25,29)(H,26,28). The molecule has 0 heterocycles. The summed E-state index contributed by atoms with van der Waals surface area (Å²) in [4.78, 5) is 35.9. The van der Waals surface area contributed by atoms with Crippen LogP contribution in [0.4, 0.5) is 11.4 Å². The van der Waals surface area contributed by atoms with Gasteiger partial charge in [0.15, 0.2) is 0 Å². The summed E-state index contributed by atoms with van der Waals surface area (Å²) in [5.74, 6) is -0.949. The van der Waals surface area contributed by atoms with Gasteiger partial charge in [-0.25, -0.2) is 0 Å². The first-order valence-electron chi connectivity index (χ1n) is 9.54. The quantitative estimate of drug-likeness (QED) is 0.348. The van der Waals surface area contributed by atoms with Crippen LogP contribution in [-0.2, 0) is 4.79 Å². The first kappa shape index (κ1) is 21.4. The number of nitro benzene ring substituents is 1. The highest BCUT2D eigenvalue weighted by Crippen LogP contribution is 2.16. The first-order chi connectivity index (χ1) is 14.8. The van der Waals surface area contributed by atoms with E-state index < -0.39 is 16.7 Å². The second-order valence-corrected chi connectivity index (χ2v) is 7.05. The van der Waals surface area contributed by atoms with Gasteiger partial charge >= 0.3 is 0 Å². The molecule has 0 aliphatic heterocycles. The van der Waals surface area contributed by atoms with Crippen LogP contribution in [0.1, 0.15) is 27.0 Å². The highest BCUT2D eigenvalue weighted by Gasteiger charge is 2.15. The van der Waals surface area contributed by atoms with Crippen molar-refractivity contribution in [3.8, 4) is 0 Å².